The number of carbonyl (C=O) groups is 1. The lowest BCUT2D eigenvalue weighted by atomic mass is 10.2. The minimum Gasteiger partial charge on any atom is -0.459 e. The molecule has 0 bridgehead atoms. The summed E-state index contributed by atoms with van der Waals surface area (Å²) in [6.07, 6.45) is 4.96. The molecule has 1 atom stereocenters. The average Bonchev–Trinajstić information content (AvgIpc) is 3.21. The number of furan rings is 1. The van der Waals surface area contributed by atoms with E-state index in [1.807, 2.05) is 18.7 Å². The van der Waals surface area contributed by atoms with Crippen molar-refractivity contribution in [2.24, 2.45) is 4.99 Å². The molecular weight excluding hydrogens is 439 g/mol. The van der Waals surface area contributed by atoms with Crippen molar-refractivity contribution in [2.75, 3.05) is 32.4 Å². The number of nitrogens with zero attached hydrogens (tertiary/aromatic N) is 1. The highest BCUT2D eigenvalue weighted by Crippen LogP contribution is 2.25. The number of halogens is 1. The molecule has 1 aliphatic heterocycles. The van der Waals surface area contributed by atoms with Gasteiger partial charge in [0.05, 0.1) is 6.26 Å². The zero-order valence-electron chi connectivity index (χ0n) is 14.3. The first-order valence-electron chi connectivity index (χ1n) is 8.09. The fourth-order valence-electron chi connectivity index (χ4n) is 2.42. The Labute approximate surface area is 165 Å². The highest BCUT2D eigenvalue weighted by atomic mass is 127. The summed E-state index contributed by atoms with van der Waals surface area (Å²) < 4.78 is 5.16. The quantitative estimate of drug-likeness (QED) is 0.249. The van der Waals surface area contributed by atoms with E-state index in [-0.39, 0.29) is 29.9 Å². The topological polar surface area (TPSA) is 78.7 Å². The molecule has 0 aliphatic carbocycles. The van der Waals surface area contributed by atoms with Crippen LogP contribution in [0.15, 0.2) is 21.7 Å². The molecule has 1 aliphatic rings. The van der Waals surface area contributed by atoms with E-state index in [2.05, 4.69) is 20.9 Å². The summed E-state index contributed by atoms with van der Waals surface area (Å²) in [6.45, 7) is 4.17. The van der Waals surface area contributed by atoms with Crippen LogP contribution < -0.4 is 16.0 Å². The van der Waals surface area contributed by atoms with Gasteiger partial charge in [-0.05, 0) is 38.0 Å². The summed E-state index contributed by atoms with van der Waals surface area (Å²) in [6, 6.07) is 1.79. The smallest absolute Gasteiger partial charge is 0.287 e. The van der Waals surface area contributed by atoms with E-state index in [0.717, 1.165) is 31.0 Å². The van der Waals surface area contributed by atoms with Crippen LogP contribution in [-0.2, 0) is 0 Å². The third-order valence-electron chi connectivity index (χ3n) is 3.74. The van der Waals surface area contributed by atoms with Crippen LogP contribution in [-0.4, -0.2) is 49.6 Å². The number of nitrogens with one attached hydrogen (secondary N) is 3. The largest absolute Gasteiger partial charge is 0.459 e. The normalized spacial score (nSPS) is 17.2. The summed E-state index contributed by atoms with van der Waals surface area (Å²) in [5.41, 5.74) is 0.856. The fourth-order valence-corrected chi connectivity index (χ4v) is 3.62. The van der Waals surface area contributed by atoms with Crippen molar-refractivity contribution >= 4 is 47.6 Å². The summed E-state index contributed by atoms with van der Waals surface area (Å²) >= 11 is 2.03. The van der Waals surface area contributed by atoms with Gasteiger partial charge in [0.2, 0.25) is 0 Å². The first-order valence-corrected chi connectivity index (χ1v) is 9.14. The van der Waals surface area contributed by atoms with Gasteiger partial charge in [0.15, 0.2) is 11.7 Å². The van der Waals surface area contributed by atoms with Crippen molar-refractivity contribution in [3.63, 3.8) is 0 Å². The maximum atomic E-state index is 11.9. The number of carbonyl (C=O) groups excluding carboxylic acids is 1. The second-order valence-electron chi connectivity index (χ2n) is 5.56. The molecule has 2 heterocycles. The lowest BCUT2D eigenvalue weighted by Crippen LogP contribution is -2.41. The SMILES string of the molecule is CN=C(NCCCNC(=O)c1occc1C)NCC1CCCS1.I. The van der Waals surface area contributed by atoms with Crippen molar-refractivity contribution < 1.29 is 9.21 Å². The van der Waals surface area contributed by atoms with E-state index in [1.165, 1.54) is 24.9 Å². The maximum Gasteiger partial charge on any atom is 0.287 e. The minimum atomic E-state index is -0.159. The predicted molar refractivity (Wildman–Crippen MR) is 111 cm³/mol. The van der Waals surface area contributed by atoms with Crippen molar-refractivity contribution in [3.8, 4) is 0 Å². The maximum absolute atomic E-state index is 11.9. The molecule has 8 heteroatoms. The molecule has 136 valence electrons. The van der Waals surface area contributed by atoms with Crippen molar-refractivity contribution in [2.45, 2.75) is 31.4 Å². The molecule has 6 nitrogen and oxygen atoms in total. The molecule has 1 aromatic rings. The van der Waals surface area contributed by atoms with Crippen molar-refractivity contribution in [1.29, 1.82) is 0 Å². The van der Waals surface area contributed by atoms with Gasteiger partial charge in [-0.25, -0.2) is 0 Å². The first-order chi connectivity index (χ1) is 11.2. The fraction of sp³-hybridized carbons (Fsp3) is 0.625. The Balaban J connectivity index is 0.00000288. The molecule has 1 aromatic heterocycles. The molecule has 0 spiro atoms. The van der Waals surface area contributed by atoms with Gasteiger partial charge in [-0.15, -0.1) is 24.0 Å². The standard InChI is InChI=1S/C16H26N4O2S.HI/c1-12-6-9-22-14(12)15(21)18-7-4-8-19-16(17-2)20-11-13-5-3-10-23-13;/h6,9,13H,3-5,7-8,10-11H2,1-2H3,(H,18,21)(H2,17,19,20);1H. The van der Waals surface area contributed by atoms with Crippen molar-refractivity contribution in [1.82, 2.24) is 16.0 Å². The van der Waals surface area contributed by atoms with Crippen LogP contribution in [0.1, 0.15) is 35.4 Å². The van der Waals surface area contributed by atoms with Crippen LogP contribution in [0, 0.1) is 6.92 Å². The molecule has 2 rings (SSSR count). The van der Waals surface area contributed by atoms with Gasteiger partial charge in [0, 0.05) is 37.5 Å². The number of guanidine groups is 1. The molecule has 0 radical (unpaired) electrons. The van der Waals surface area contributed by atoms with E-state index in [0.29, 0.717) is 17.6 Å². The lowest BCUT2D eigenvalue weighted by Gasteiger charge is -2.14. The van der Waals surface area contributed by atoms with Gasteiger partial charge in [-0.3, -0.25) is 9.79 Å². The Morgan fingerprint density at radius 3 is 2.79 bits per heavy atom. The Morgan fingerprint density at radius 2 is 2.17 bits per heavy atom. The van der Waals surface area contributed by atoms with Crippen molar-refractivity contribution in [3.05, 3.63) is 23.7 Å². The minimum absolute atomic E-state index is 0. The lowest BCUT2D eigenvalue weighted by molar-refractivity contribution is 0.0925. The second-order valence-corrected chi connectivity index (χ2v) is 6.97. The zero-order valence-corrected chi connectivity index (χ0v) is 17.4. The molecular formula is C16H27IN4O2S. The Hall–Kier alpha value is -0.900. The van der Waals surface area contributed by atoms with Crippen LogP contribution in [0.2, 0.25) is 0 Å². The number of amides is 1. The number of thioether (sulfide) groups is 1. The van der Waals surface area contributed by atoms with Gasteiger partial charge >= 0.3 is 0 Å². The molecule has 1 saturated heterocycles. The van der Waals surface area contributed by atoms with E-state index in [4.69, 9.17) is 4.42 Å². The van der Waals surface area contributed by atoms with E-state index < -0.39 is 0 Å². The van der Waals surface area contributed by atoms with E-state index in [1.54, 1.807) is 13.1 Å². The second kappa shape index (κ2) is 11.6. The van der Waals surface area contributed by atoms with Crippen LogP contribution >= 0.6 is 35.7 Å². The van der Waals surface area contributed by atoms with Crippen LogP contribution in [0.25, 0.3) is 0 Å². The van der Waals surface area contributed by atoms with Gasteiger partial charge in [0.1, 0.15) is 0 Å². The Bertz CT molecular complexity index is 530. The molecule has 1 unspecified atom stereocenters. The number of aliphatic imine (C=N–C) groups is 1. The number of rotatable bonds is 7. The van der Waals surface area contributed by atoms with Crippen LogP contribution in [0.4, 0.5) is 0 Å². The summed E-state index contributed by atoms with van der Waals surface area (Å²) in [5.74, 6) is 2.33. The summed E-state index contributed by atoms with van der Waals surface area (Å²) in [7, 11) is 1.78. The molecule has 1 amide bonds. The van der Waals surface area contributed by atoms with Crippen LogP contribution in [0.5, 0.6) is 0 Å². The third kappa shape index (κ3) is 6.92. The highest BCUT2D eigenvalue weighted by molar-refractivity contribution is 14.0. The van der Waals surface area contributed by atoms with Gasteiger partial charge < -0.3 is 20.4 Å². The Morgan fingerprint density at radius 1 is 1.38 bits per heavy atom. The first kappa shape index (κ1) is 21.1. The third-order valence-corrected chi connectivity index (χ3v) is 5.14. The highest BCUT2D eigenvalue weighted by Gasteiger charge is 2.15. The molecule has 0 aromatic carbocycles. The number of hydrogen-bond donors (Lipinski definition) is 3. The molecule has 1 fully saturated rings. The number of hydrogen-bond acceptors (Lipinski definition) is 4. The van der Waals surface area contributed by atoms with E-state index >= 15 is 0 Å². The molecule has 3 N–H and O–H groups in total. The Kier molecular flexibility index (Phi) is 10.2. The van der Waals surface area contributed by atoms with Crippen LogP contribution in [0.3, 0.4) is 0 Å². The monoisotopic (exact) mass is 466 g/mol. The summed E-state index contributed by atoms with van der Waals surface area (Å²) in [4.78, 5) is 16.1. The number of aryl methyl sites for hydroxylation is 1. The molecule has 24 heavy (non-hydrogen) atoms. The van der Waals surface area contributed by atoms with Gasteiger partial charge in [-0.1, -0.05) is 0 Å². The molecule has 0 saturated carbocycles. The average molecular weight is 466 g/mol. The zero-order chi connectivity index (χ0) is 16.5. The van der Waals surface area contributed by atoms with E-state index in [9.17, 15) is 4.79 Å². The van der Waals surface area contributed by atoms with Gasteiger partial charge in [-0.2, -0.15) is 11.8 Å². The predicted octanol–water partition coefficient (Wildman–Crippen LogP) is 2.39. The summed E-state index contributed by atoms with van der Waals surface area (Å²) in [5, 5.41) is 10.2. The van der Waals surface area contributed by atoms with Gasteiger partial charge in [0.25, 0.3) is 5.91 Å².